The van der Waals surface area contributed by atoms with Crippen molar-refractivity contribution in [1.29, 1.82) is 0 Å². The number of nitrogens with zero attached hydrogens (tertiary/aromatic N) is 2. The molecule has 0 unspecified atom stereocenters. The van der Waals surface area contributed by atoms with E-state index in [0.717, 1.165) is 13.0 Å². The van der Waals surface area contributed by atoms with E-state index in [0.29, 0.717) is 38.2 Å². The summed E-state index contributed by atoms with van der Waals surface area (Å²) >= 11 is 0. The lowest BCUT2D eigenvalue weighted by Gasteiger charge is -2.37. The van der Waals surface area contributed by atoms with E-state index in [2.05, 4.69) is 12.2 Å². The van der Waals surface area contributed by atoms with Gasteiger partial charge in [0, 0.05) is 32.6 Å². The fourth-order valence-electron chi connectivity index (χ4n) is 3.62. The third kappa shape index (κ3) is 5.93. The molecule has 2 atom stereocenters. The quantitative estimate of drug-likeness (QED) is 0.670. The maximum atomic E-state index is 13.0. The van der Waals surface area contributed by atoms with Crippen molar-refractivity contribution in [3.63, 3.8) is 0 Å². The summed E-state index contributed by atoms with van der Waals surface area (Å²) < 4.78 is 32.6. The Labute approximate surface area is 169 Å². The van der Waals surface area contributed by atoms with Crippen molar-refractivity contribution < 1.29 is 17.9 Å². The molecule has 0 aliphatic carbocycles. The van der Waals surface area contributed by atoms with E-state index in [-0.39, 0.29) is 22.6 Å². The van der Waals surface area contributed by atoms with E-state index in [1.54, 1.807) is 35.7 Å². The first-order valence-corrected chi connectivity index (χ1v) is 11.3. The predicted molar refractivity (Wildman–Crippen MR) is 110 cm³/mol. The van der Waals surface area contributed by atoms with E-state index >= 15 is 0 Å². The van der Waals surface area contributed by atoms with Crippen molar-refractivity contribution in [1.82, 2.24) is 14.5 Å². The van der Waals surface area contributed by atoms with Crippen molar-refractivity contribution in [2.45, 2.75) is 31.1 Å². The summed E-state index contributed by atoms with van der Waals surface area (Å²) in [5.74, 6) is 1.08. The molecule has 2 rings (SSSR count). The Balaban J connectivity index is 1.98. The van der Waals surface area contributed by atoms with Gasteiger partial charge in [-0.3, -0.25) is 4.79 Å². The SMILES string of the molecule is CC[C@H]1CN(S(=O)(=O)c2ccc(OC)cc2)CC[C@H]1CC(=O)NCCN(C)C. The fraction of sp³-hybridized carbons (Fsp3) is 0.650. The number of ether oxygens (including phenoxy) is 1. The van der Waals surface area contributed by atoms with Crippen LogP contribution in [0.2, 0.25) is 0 Å². The van der Waals surface area contributed by atoms with Crippen LogP contribution in [0.25, 0.3) is 0 Å². The Kier molecular flexibility index (Phi) is 8.27. The minimum atomic E-state index is -3.53. The molecule has 1 aliphatic rings. The van der Waals surface area contributed by atoms with Gasteiger partial charge in [-0.05, 0) is 56.6 Å². The van der Waals surface area contributed by atoms with Gasteiger partial charge in [-0.15, -0.1) is 0 Å². The van der Waals surface area contributed by atoms with Gasteiger partial charge in [-0.25, -0.2) is 8.42 Å². The van der Waals surface area contributed by atoms with Crippen LogP contribution in [0.5, 0.6) is 5.75 Å². The Morgan fingerprint density at radius 2 is 1.93 bits per heavy atom. The lowest BCUT2D eigenvalue weighted by atomic mass is 9.82. The highest BCUT2D eigenvalue weighted by Gasteiger charge is 2.35. The molecular formula is C20H33N3O4S. The predicted octanol–water partition coefficient (Wildman–Crippen LogP) is 1.80. The Bertz CT molecular complexity index is 734. The van der Waals surface area contributed by atoms with Gasteiger partial charge in [0.2, 0.25) is 15.9 Å². The van der Waals surface area contributed by atoms with Crippen molar-refractivity contribution >= 4 is 15.9 Å². The second-order valence-electron chi connectivity index (χ2n) is 7.61. The summed E-state index contributed by atoms with van der Waals surface area (Å²) in [7, 11) is 1.96. The number of carbonyl (C=O) groups excluding carboxylic acids is 1. The minimum absolute atomic E-state index is 0.0526. The van der Waals surface area contributed by atoms with Gasteiger partial charge in [0.1, 0.15) is 5.75 Å². The third-order valence-corrected chi connectivity index (χ3v) is 7.28. The van der Waals surface area contributed by atoms with Gasteiger partial charge in [0.15, 0.2) is 0 Å². The zero-order chi connectivity index (χ0) is 20.7. The van der Waals surface area contributed by atoms with Crippen LogP contribution in [-0.2, 0) is 14.8 Å². The molecule has 0 saturated carbocycles. The number of piperidine rings is 1. The summed E-state index contributed by atoms with van der Waals surface area (Å²) in [6, 6.07) is 6.49. The topological polar surface area (TPSA) is 78.9 Å². The first-order chi connectivity index (χ1) is 13.3. The fourth-order valence-corrected chi connectivity index (χ4v) is 5.13. The molecular weight excluding hydrogens is 378 g/mol. The van der Waals surface area contributed by atoms with Gasteiger partial charge in [0.25, 0.3) is 0 Å². The number of rotatable bonds is 9. The second kappa shape index (κ2) is 10.2. The second-order valence-corrected chi connectivity index (χ2v) is 9.55. The first-order valence-electron chi connectivity index (χ1n) is 9.83. The average molecular weight is 412 g/mol. The molecule has 0 radical (unpaired) electrons. The molecule has 158 valence electrons. The monoisotopic (exact) mass is 411 g/mol. The van der Waals surface area contributed by atoms with Crippen molar-refractivity contribution in [2.24, 2.45) is 11.8 Å². The van der Waals surface area contributed by atoms with Crippen molar-refractivity contribution in [3.05, 3.63) is 24.3 Å². The Hall–Kier alpha value is -1.64. The average Bonchev–Trinajstić information content (AvgIpc) is 2.67. The van der Waals surface area contributed by atoms with Crippen LogP contribution in [0.3, 0.4) is 0 Å². The van der Waals surface area contributed by atoms with Crippen LogP contribution >= 0.6 is 0 Å². The summed E-state index contributed by atoms with van der Waals surface area (Å²) in [6.45, 7) is 4.40. The number of methoxy groups -OCH3 is 1. The molecule has 1 saturated heterocycles. The maximum absolute atomic E-state index is 13.0. The van der Waals surface area contributed by atoms with Crippen LogP contribution < -0.4 is 10.1 Å². The van der Waals surface area contributed by atoms with E-state index in [1.165, 1.54) is 0 Å². The van der Waals surface area contributed by atoms with Gasteiger partial charge in [0.05, 0.1) is 12.0 Å². The lowest BCUT2D eigenvalue weighted by Crippen LogP contribution is -2.45. The van der Waals surface area contributed by atoms with Gasteiger partial charge < -0.3 is 15.0 Å². The Morgan fingerprint density at radius 1 is 1.25 bits per heavy atom. The number of amides is 1. The van der Waals surface area contributed by atoms with Crippen molar-refractivity contribution in [2.75, 3.05) is 47.4 Å². The largest absolute Gasteiger partial charge is 0.497 e. The van der Waals surface area contributed by atoms with E-state index < -0.39 is 10.0 Å². The summed E-state index contributed by atoms with van der Waals surface area (Å²) in [5.41, 5.74) is 0. The molecule has 0 aromatic heterocycles. The molecule has 1 aromatic rings. The zero-order valence-electron chi connectivity index (χ0n) is 17.3. The van der Waals surface area contributed by atoms with E-state index in [9.17, 15) is 13.2 Å². The molecule has 0 bridgehead atoms. The number of likely N-dealkylation sites (N-methyl/N-ethyl adjacent to an activating group) is 1. The highest BCUT2D eigenvalue weighted by Crippen LogP contribution is 2.32. The molecule has 1 amide bonds. The molecule has 1 fully saturated rings. The van der Waals surface area contributed by atoms with Crippen LogP contribution in [0.4, 0.5) is 0 Å². The normalized spacial score (nSPS) is 20.9. The minimum Gasteiger partial charge on any atom is -0.497 e. The number of hydrogen-bond donors (Lipinski definition) is 1. The molecule has 1 aliphatic heterocycles. The molecule has 28 heavy (non-hydrogen) atoms. The van der Waals surface area contributed by atoms with Crippen LogP contribution in [0, 0.1) is 11.8 Å². The highest BCUT2D eigenvalue weighted by molar-refractivity contribution is 7.89. The highest BCUT2D eigenvalue weighted by atomic mass is 32.2. The number of benzene rings is 1. The molecule has 1 heterocycles. The zero-order valence-corrected chi connectivity index (χ0v) is 18.2. The number of carbonyl (C=O) groups is 1. The van der Waals surface area contributed by atoms with Crippen LogP contribution in [-0.4, -0.2) is 70.9 Å². The summed E-state index contributed by atoms with van der Waals surface area (Å²) in [6.07, 6.45) is 2.02. The van der Waals surface area contributed by atoms with Crippen molar-refractivity contribution in [3.8, 4) is 5.75 Å². The number of hydrogen-bond acceptors (Lipinski definition) is 5. The molecule has 1 N–H and O–H groups in total. The smallest absolute Gasteiger partial charge is 0.243 e. The van der Waals surface area contributed by atoms with Crippen LogP contribution in [0.15, 0.2) is 29.2 Å². The molecule has 0 spiro atoms. The van der Waals surface area contributed by atoms with E-state index in [1.807, 2.05) is 19.0 Å². The van der Waals surface area contributed by atoms with Crippen LogP contribution in [0.1, 0.15) is 26.2 Å². The lowest BCUT2D eigenvalue weighted by molar-refractivity contribution is -0.122. The third-order valence-electron chi connectivity index (χ3n) is 5.40. The van der Waals surface area contributed by atoms with Gasteiger partial charge in [-0.2, -0.15) is 4.31 Å². The summed E-state index contributed by atoms with van der Waals surface area (Å²) in [4.78, 5) is 14.5. The molecule has 8 heteroatoms. The summed E-state index contributed by atoms with van der Waals surface area (Å²) in [5, 5.41) is 2.96. The Morgan fingerprint density at radius 3 is 2.50 bits per heavy atom. The first kappa shape index (κ1) is 22.6. The number of nitrogens with one attached hydrogen (secondary N) is 1. The number of sulfonamides is 1. The van der Waals surface area contributed by atoms with E-state index in [4.69, 9.17) is 4.74 Å². The molecule has 7 nitrogen and oxygen atoms in total. The van der Waals surface area contributed by atoms with Gasteiger partial charge >= 0.3 is 0 Å². The standard InChI is InChI=1S/C20H33N3O4S/c1-5-16-15-23(28(25,26)19-8-6-18(27-4)7-9-19)12-10-17(16)14-20(24)21-11-13-22(2)3/h6-9,16-17H,5,10-15H2,1-4H3,(H,21,24)/t16-,17-/m0/s1. The molecule has 1 aromatic carbocycles. The van der Waals surface area contributed by atoms with Gasteiger partial charge in [-0.1, -0.05) is 13.3 Å². The maximum Gasteiger partial charge on any atom is 0.243 e.